The van der Waals surface area contributed by atoms with E-state index in [1.165, 1.54) is 22.3 Å². The number of aliphatic hydroxyl groups is 1. The van der Waals surface area contributed by atoms with Gasteiger partial charge >= 0.3 is 0 Å². The minimum atomic E-state index is 0.0977. The zero-order valence-corrected chi connectivity index (χ0v) is 12.5. The summed E-state index contributed by atoms with van der Waals surface area (Å²) in [6, 6.07) is 12.5. The Hall–Kier alpha value is -1.64. The number of aryl methyl sites for hydroxylation is 3. The third-order valence-corrected chi connectivity index (χ3v) is 3.75. The fraction of sp³-hybridized carbons (Fsp3) is 0.333. The number of hydrogen-bond acceptors (Lipinski definition) is 2. The topological polar surface area (TPSA) is 32.3 Å². The summed E-state index contributed by atoms with van der Waals surface area (Å²) in [4.78, 5) is 0. The molecule has 20 heavy (non-hydrogen) atoms. The Morgan fingerprint density at radius 3 is 2.10 bits per heavy atom. The number of hydrogen-bond donors (Lipinski definition) is 2. The molecule has 2 heteroatoms. The van der Waals surface area contributed by atoms with Gasteiger partial charge in [-0.05, 0) is 48.6 Å². The van der Waals surface area contributed by atoms with Crippen LogP contribution in [0.4, 0.5) is 0 Å². The van der Waals surface area contributed by atoms with Gasteiger partial charge in [-0.15, -0.1) is 0 Å². The van der Waals surface area contributed by atoms with Crippen LogP contribution < -0.4 is 5.32 Å². The first-order chi connectivity index (χ1) is 9.61. The van der Waals surface area contributed by atoms with Crippen LogP contribution in [0.15, 0.2) is 36.4 Å². The van der Waals surface area contributed by atoms with Gasteiger partial charge in [0, 0.05) is 13.1 Å². The molecule has 0 heterocycles. The summed E-state index contributed by atoms with van der Waals surface area (Å²) >= 11 is 0. The Bertz CT molecular complexity index is 567. The number of rotatable bonds is 5. The van der Waals surface area contributed by atoms with E-state index in [-0.39, 0.29) is 6.61 Å². The van der Waals surface area contributed by atoms with Crippen molar-refractivity contribution in [3.63, 3.8) is 0 Å². The predicted octanol–water partition coefficient (Wildman–Crippen LogP) is 3.39. The minimum Gasteiger partial charge on any atom is -0.392 e. The van der Waals surface area contributed by atoms with Gasteiger partial charge in [0.25, 0.3) is 0 Å². The molecule has 0 atom stereocenters. The fourth-order valence-corrected chi connectivity index (χ4v) is 2.70. The lowest BCUT2D eigenvalue weighted by Crippen LogP contribution is -2.15. The Morgan fingerprint density at radius 2 is 1.50 bits per heavy atom. The first-order valence-corrected chi connectivity index (χ1v) is 7.07. The van der Waals surface area contributed by atoms with Crippen LogP contribution in [0, 0.1) is 20.8 Å². The van der Waals surface area contributed by atoms with E-state index in [4.69, 9.17) is 0 Å². The molecule has 0 aliphatic carbocycles. The van der Waals surface area contributed by atoms with Crippen molar-refractivity contribution >= 4 is 0 Å². The minimum absolute atomic E-state index is 0.0977. The Labute approximate surface area is 121 Å². The molecule has 2 rings (SSSR count). The molecule has 0 bridgehead atoms. The smallest absolute Gasteiger partial charge is 0.0685 e. The summed E-state index contributed by atoms with van der Waals surface area (Å²) in [5.41, 5.74) is 7.53. The van der Waals surface area contributed by atoms with Crippen LogP contribution >= 0.6 is 0 Å². The normalized spacial score (nSPS) is 10.8. The molecule has 0 aromatic heterocycles. The molecule has 0 aliphatic rings. The van der Waals surface area contributed by atoms with E-state index in [1.807, 2.05) is 18.2 Å². The molecule has 0 amide bonds. The second kappa shape index (κ2) is 6.69. The molecular formula is C18H23NO. The van der Waals surface area contributed by atoms with Crippen LogP contribution in [-0.2, 0) is 19.7 Å². The van der Waals surface area contributed by atoms with Crippen molar-refractivity contribution in [1.82, 2.24) is 5.32 Å². The van der Waals surface area contributed by atoms with Crippen LogP contribution in [-0.4, -0.2) is 5.11 Å². The third-order valence-electron chi connectivity index (χ3n) is 3.75. The highest BCUT2D eigenvalue weighted by atomic mass is 16.3. The van der Waals surface area contributed by atoms with Gasteiger partial charge in [-0.1, -0.05) is 42.0 Å². The second-order valence-corrected chi connectivity index (χ2v) is 5.41. The van der Waals surface area contributed by atoms with Gasteiger partial charge in [0.2, 0.25) is 0 Å². The molecule has 0 fully saturated rings. The Morgan fingerprint density at radius 1 is 0.900 bits per heavy atom. The molecule has 0 unspecified atom stereocenters. The number of nitrogens with one attached hydrogen (secondary N) is 1. The molecule has 0 radical (unpaired) electrons. The fourth-order valence-electron chi connectivity index (χ4n) is 2.70. The molecule has 2 nitrogen and oxygen atoms in total. The summed E-state index contributed by atoms with van der Waals surface area (Å²) in [6.07, 6.45) is 0. The van der Waals surface area contributed by atoms with Crippen molar-refractivity contribution in [2.45, 2.75) is 40.5 Å². The highest BCUT2D eigenvalue weighted by Gasteiger charge is 2.04. The van der Waals surface area contributed by atoms with E-state index >= 15 is 0 Å². The van der Waals surface area contributed by atoms with Crippen molar-refractivity contribution in [3.8, 4) is 0 Å². The summed E-state index contributed by atoms with van der Waals surface area (Å²) in [5, 5.41) is 12.8. The maximum absolute atomic E-state index is 9.33. The van der Waals surface area contributed by atoms with Crippen molar-refractivity contribution in [3.05, 3.63) is 69.8 Å². The Balaban J connectivity index is 2.03. The molecule has 2 N–H and O–H groups in total. The average Bonchev–Trinajstić information content (AvgIpc) is 2.42. The first kappa shape index (κ1) is 14.8. The summed E-state index contributed by atoms with van der Waals surface area (Å²) in [5.74, 6) is 0. The van der Waals surface area contributed by atoms with E-state index in [9.17, 15) is 5.11 Å². The van der Waals surface area contributed by atoms with Crippen LogP contribution in [0.1, 0.15) is 33.4 Å². The van der Waals surface area contributed by atoms with E-state index in [1.54, 1.807) is 0 Å². The van der Waals surface area contributed by atoms with E-state index in [0.29, 0.717) is 0 Å². The van der Waals surface area contributed by atoms with Gasteiger partial charge in [-0.3, -0.25) is 0 Å². The Kier molecular flexibility index (Phi) is 4.94. The maximum atomic E-state index is 9.33. The molecule has 2 aromatic carbocycles. The van der Waals surface area contributed by atoms with E-state index in [2.05, 4.69) is 44.3 Å². The van der Waals surface area contributed by atoms with Gasteiger partial charge < -0.3 is 10.4 Å². The van der Waals surface area contributed by atoms with Gasteiger partial charge in [-0.2, -0.15) is 0 Å². The van der Waals surface area contributed by atoms with Gasteiger partial charge in [0.15, 0.2) is 0 Å². The quantitative estimate of drug-likeness (QED) is 0.872. The van der Waals surface area contributed by atoms with Crippen molar-refractivity contribution in [2.24, 2.45) is 0 Å². The van der Waals surface area contributed by atoms with Gasteiger partial charge in [-0.25, -0.2) is 0 Å². The lowest BCUT2D eigenvalue weighted by molar-refractivity contribution is 0.280. The van der Waals surface area contributed by atoms with Crippen molar-refractivity contribution in [2.75, 3.05) is 0 Å². The highest BCUT2D eigenvalue weighted by molar-refractivity contribution is 5.37. The summed E-state index contributed by atoms with van der Waals surface area (Å²) < 4.78 is 0. The largest absolute Gasteiger partial charge is 0.392 e. The molecule has 0 saturated heterocycles. The lowest BCUT2D eigenvalue weighted by Gasteiger charge is -2.13. The summed E-state index contributed by atoms with van der Waals surface area (Å²) in [6.45, 7) is 8.20. The zero-order valence-electron chi connectivity index (χ0n) is 12.5. The van der Waals surface area contributed by atoms with E-state index < -0.39 is 0 Å². The monoisotopic (exact) mass is 269 g/mol. The summed E-state index contributed by atoms with van der Waals surface area (Å²) in [7, 11) is 0. The molecule has 106 valence electrons. The zero-order chi connectivity index (χ0) is 14.5. The van der Waals surface area contributed by atoms with Crippen molar-refractivity contribution in [1.29, 1.82) is 0 Å². The molecule has 2 aromatic rings. The van der Waals surface area contributed by atoms with Crippen LogP contribution in [0.3, 0.4) is 0 Å². The number of aliphatic hydroxyl groups excluding tert-OH is 1. The van der Waals surface area contributed by atoms with Crippen LogP contribution in [0.2, 0.25) is 0 Å². The molecule has 0 spiro atoms. The number of benzene rings is 2. The molecular weight excluding hydrogens is 246 g/mol. The SMILES string of the molecule is Cc1cc(C)c(CNCc2ccccc2CO)c(C)c1. The van der Waals surface area contributed by atoms with Crippen molar-refractivity contribution < 1.29 is 5.11 Å². The third kappa shape index (κ3) is 3.47. The van der Waals surface area contributed by atoms with Gasteiger partial charge in [0.05, 0.1) is 6.61 Å². The highest BCUT2D eigenvalue weighted by Crippen LogP contribution is 2.16. The average molecular weight is 269 g/mol. The standard InChI is InChI=1S/C18H23NO/c1-13-8-14(2)18(15(3)9-13)11-19-10-16-6-4-5-7-17(16)12-20/h4-9,19-20H,10-12H2,1-3H3. The second-order valence-electron chi connectivity index (χ2n) is 5.41. The molecule has 0 aliphatic heterocycles. The van der Waals surface area contributed by atoms with E-state index in [0.717, 1.165) is 24.2 Å². The van der Waals surface area contributed by atoms with Crippen LogP contribution in [0.5, 0.6) is 0 Å². The van der Waals surface area contributed by atoms with Crippen LogP contribution in [0.25, 0.3) is 0 Å². The molecule has 0 saturated carbocycles. The lowest BCUT2D eigenvalue weighted by atomic mass is 9.99. The predicted molar refractivity (Wildman–Crippen MR) is 83.6 cm³/mol. The van der Waals surface area contributed by atoms with Gasteiger partial charge in [0.1, 0.15) is 0 Å². The maximum Gasteiger partial charge on any atom is 0.0685 e. The first-order valence-electron chi connectivity index (χ1n) is 7.07.